The molecule has 2 rings (SSSR count). The number of carbonyl (C=O) groups excluding carboxylic acids is 1. The number of carboxylic acid groups (broad SMARTS) is 1. The van der Waals surface area contributed by atoms with Crippen LogP contribution in [0.1, 0.15) is 30.7 Å². The van der Waals surface area contributed by atoms with Gasteiger partial charge in [-0.15, -0.1) is 0 Å². The van der Waals surface area contributed by atoms with Gasteiger partial charge in [0.05, 0.1) is 11.8 Å². The first-order valence-electron chi connectivity index (χ1n) is 6.19. The molecule has 2 atom stereocenters. The highest BCUT2D eigenvalue weighted by atomic mass is 16.4. The minimum atomic E-state index is -0.867. The Labute approximate surface area is 106 Å². The zero-order valence-electron chi connectivity index (χ0n) is 10.6. The molecule has 1 aromatic heterocycles. The van der Waals surface area contributed by atoms with Gasteiger partial charge in [-0.2, -0.15) is 0 Å². The van der Waals surface area contributed by atoms with Crippen LogP contribution in [-0.2, 0) is 9.59 Å². The highest BCUT2D eigenvalue weighted by Gasteiger charge is 2.37. The number of carbonyl (C=O) groups is 2. The van der Waals surface area contributed by atoms with Gasteiger partial charge in [0.25, 0.3) is 0 Å². The molecule has 0 spiro atoms. The molecule has 2 N–H and O–H groups in total. The fraction of sp³-hybridized carbons (Fsp3) is 0.538. The average Bonchev–Trinajstić information content (AvgIpc) is 2.90. The normalized spacial score (nSPS) is 23.0. The van der Waals surface area contributed by atoms with Crippen LogP contribution in [0.5, 0.6) is 0 Å². The van der Waals surface area contributed by atoms with Crippen molar-refractivity contribution < 1.29 is 14.7 Å². The van der Waals surface area contributed by atoms with Gasteiger partial charge in [-0.1, -0.05) is 6.42 Å². The number of nitrogens with one attached hydrogen (secondary N) is 1. The number of aromatic nitrogens is 1. The molecule has 1 aromatic rings. The molecule has 18 heavy (non-hydrogen) atoms. The molecule has 1 aliphatic rings. The lowest BCUT2D eigenvalue weighted by Crippen LogP contribution is -2.34. The largest absolute Gasteiger partial charge is 0.481 e. The minimum Gasteiger partial charge on any atom is -0.481 e. The Morgan fingerprint density at radius 1 is 1.22 bits per heavy atom. The molecule has 0 bridgehead atoms. The van der Waals surface area contributed by atoms with Crippen LogP contribution in [0.3, 0.4) is 0 Å². The van der Waals surface area contributed by atoms with Crippen LogP contribution in [0.4, 0.5) is 0 Å². The fourth-order valence-corrected chi connectivity index (χ4v) is 2.61. The summed E-state index contributed by atoms with van der Waals surface area (Å²) in [7, 11) is 0. The van der Waals surface area contributed by atoms with Crippen molar-refractivity contribution >= 4 is 11.9 Å². The maximum Gasteiger partial charge on any atom is 0.307 e. The minimum absolute atomic E-state index is 0.192. The molecule has 5 nitrogen and oxygen atoms in total. The van der Waals surface area contributed by atoms with Gasteiger partial charge in [-0.05, 0) is 38.8 Å². The van der Waals surface area contributed by atoms with Gasteiger partial charge < -0.3 is 5.11 Å². The highest BCUT2D eigenvalue weighted by Crippen LogP contribution is 2.32. The molecule has 0 aliphatic heterocycles. The lowest BCUT2D eigenvalue weighted by molar-refractivity contribution is -0.145. The van der Waals surface area contributed by atoms with Crippen LogP contribution in [0.2, 0.25) is 0 Å². The Morgan fingerprint density at radius 3 is 2.33 bits per heavy atom. The van der Waals surface area contributed by atoms with Crippen LogP contribution >= 0.6 is 0 Å². The van der Waals surface area contributed by atoms with Gasteiger partial charge >= 0.3 is 5.97 Å². The highest BCUT2D eigenvalue weighted by molar-refractivity contribution is 5.90. The molecule has 5 heteroatoms. The zero-order chi connectivity index (χ0) is 13.3. The SMILES string of the molecule is Cc1ccc(C)n1NC(=O)C1CCCC1C(=O)O. The smallest absolute Gasteiger partial charge is 0.307 e. The Hall–Kier alpha value is -1.78. The Balaban J connectivity index is 2.11. The molecule has 1 amide bonds. The molecule has 0 radical (unpaired) electrons. The summed E-state index contributed by atoms with van der Waals surface area (Å²) in [5, 5.41) is 9.08. The van der Waals surface area contributed by atoms with Crippen molar-refractivity contribution in [2.75, 3.05) is 5.43 Å². The van der Waals surface area contributed by atoms with E-state index in [0.29, 0.717) is 12.8 Å². The van der Waals surface area contributed by atoms with Crippen LogP contribution in [0.25, 0.3) is 0 Å². The summed E-state index contributed by atoms with van der Waals surface area (Å²) in [4.78, 5) is 23.2. The second-order valence-electron chi connectivity index (χ2n) is 4.91. The fourth-order valence-electron chi connectivity index (χ4n) is 2.61. The zero-order valence-corrected chi connectivity index (χ0v) is 10.6. The Morgan fingerprint density at radius 2 is 1.78 bits per heavy atom. The lowest BCUT2D eigenvalue weighted by Gasteiger charge is -2.18. The number of hydrogen-bond donors (Lipinski definition) is 2. The molecule has 1 fully saturated rings. The first kappa shape index (κ1) is 12.7. The maximum atomic E-state index is 12.1. The van der Waals surface area contributed by atoms with Crippen LogP contribution in [0, 0.1) is 25.7 Å². The molecule has 1 aliphatic carbocycles. The third-order valence-electron chi connectivity index (χ3n) is 3.66. The predicted octanol–water partition coefficient (Wildman–Crippen LogP) is 1.68. The average molecular weight is 250 g/mol. The van der Waals surface area contributed by atoms with E-state index in [1.807, 2.05) is 26.0 Å². The van der Waals surface area contributed by atoms with E-state index in [1.165, 1.54) is 0 Å². The third-order valence-corrected chi connectivity index (χ3v) is 3.66. The molecule has 1 saturated carbocycles. The van der Waals surface area contributed by atoms with Crippen molar-refractivity contribution in [1.29, 1.82) is 0 Å². The number of aliphatic carboxylic acids is 1. The molecule has 1 heterocycles. The summed E-state index contributed by atoms with van der Waals surface area (Å²) in [5.41, 5.74) is 4.67. The third kappa shape index (κ3) is 2.25. The van der Waals surface area contributed by atoms with E-state index in [0.717, 1.165) is 17.8 Å². The van der Waals surface area contributed by atoms with Crippen molar-refractivity contribution in [2.24, 2.45) is 11.8 Å². The van der Waals surface area contributed by atoms with Gasteiger partial charge in [0.1, 0.15) is 0 Å². The number of rotatable bonds is 3. The number of aryl methyl sites for hydroxylation is 2. The standard InChI is InChI=1S/C13H18N2O3/c1-8-6-7-9(2)15(8)14-12(16)10-4-3-5-11(10)13(17)18/h6-7,10-11H,3-5H2,1-2H3,(H,14,16)(H,17,18). The molecule has 2 unspecified atom stereocenters. The van der Waals surface area contributed by atoms with Gasteiger partial charge in [0, 0.05) is 11.4 Å². The van der Waals surface area contributed by atoms with Crippen molar-refractivity contribution in [3.05, 3.63) is 23.5 Å². The van der Waals surface area contributed by atoms with Crippen LogP contribution in [0.15, 0.2) is 12.1 Å². The van der Waals surface area contributed by atoms with Gasteiger partial charge in [-0.3, -0.25) is 19.7 Å². The monoisotopic (exact) mass is 250 g/mol. The number of amides is 1. The second-order valence-corrected chi connectivity index (χ2v) is 4.91. The van der Waals surface area contributed by atoms with Gasteiger partial charge in [-0.25, -0.2) is 0 Å². The summed E-state index contributed by atoms with van der Waals surface area (Å²) in [5.74, 6) is -2.01. The van der Waals surface area contributed by atoms with E-state index < -0.39 is 17.8 Å². The molecule has 98 valence electrons. The summed E-state index contributed by atoms with van der Waals surface area (Å²) >= 11 is 0. The van der Waals surface area contributed by atoms with Crippen LogP contribution in [-0.4, -0.2) is 21.7 Å². The Kier molecular flexibility index (Phi) is 3.41. The van der Waals surface area contributed by atoms with Crippen LogP contribution < -0.4 is 5.43 Å². The molecular formula is C13H18N2O3. The number of carboxylic acids is 1. The number of nitrogens with zero attached hydrogens (tertiary/aromatic N) is 1. The van der Waals surface area contributed by atoms with E-state index in [4.69, 9.17) is 5.11 Å². The van der Waals surface area contributed by atoms with Crippen molar-refractivity contribution in [1.82, 2.24) is 4.68 Å². The summed E-state index contributed by atoms with van der Waals surface area (Å²) in [6.45, 7) is 3.80. The lowest BCUT2D eigenvalue weighted by atomic mass is 9.96. The van der Waals surface area contributed by atoms with Gasteiger partial charge in [0.2, 0.25) is 5.91 Å². The predicted molar refractivity (Wildman–Crippen MR) is 66.7 cm³/mol. The molecular weight excluding hydrogens is 232 g/mol. The van der Waals surface area contributed by atoms with E-state index in [-0.39, 0.29) is 5.91 Å². The summed E-state index contributed by atoms with van der Waals surface area (Å²) in [6, 6.07) is 3.83. The molecule has 0 aromatic carbocycles. The van der Waals surface area contributed by atoms with Crippen molar-refractivity contribution in [3.63, 3.8) is 0 Å². The van der Waals surface area contributed by atoms with Crippen molar-refractivity contribution in [3.8, 4) is 0 Å². The van der Waals surface area contributed by atoms with Gasteiger partial charge in [0.15, 0.2) is 0 Å². The summed E-state index contributed by atoms with van der Waals surface area (Å²) in [6.07, 6.45) is 2.05. The Bertz CT molecular complexity index is 459. The second kappa shape index (κ2) is 4.84. The quantitative estimate of drug-likeness (QED) is 0.857. The molecule has 0 saturated heterocycles. The first-order valence-corrected chi connectivity index (χ1v) is 6.19. The van der Waals surface area contributed by atoms with E-state index >= 15 is 0 Å². The topological polar surface area (TPSA) is 71.3 Å². The maximum absolute atomic E-state index is 12.1. The first-order chi connectivity index (χ1) is 8.50. The van der Waals surface area contributed by atoms with E-state index in [1.54, 1.807) is 4.68 Å². The van der Waals surface area contributed by atoms with Crippen molar-refractivity contribution in [2.45, 2.75) is 33.1 Å². The van der Waals surface area contributed by atoms with E-state index in [9.17, 15) is 9.59 Å². The summed E-state index contributed by atoms with van der Waals surface area (Å²) < 4.78 is 1.71. The van der Waals surface area contributed by atoms with E-state index in [2.05, 4.69) is 5.43 Å². The number of hydrogen-bond acceptors (Lipinski definition) is 2.